The Morgan fingerprint density at radius 3 is 3.00 bits per heavy atom. The molecule has 0 saturated heterocycles. The standard InChI is InChI=1S/C12H9FN4O/c13-10-3-1-2-9(6-10)7-16-17-12(18)11-8-14-4-5-15-11/h1-8H,(H,17,18)/b16-7-. The number of rotatable bonds is 3. The van der Waals surface area contributed by atoms with Gasteiger partial charge in [0.25, 0.3) is 5.91 Å². The minimum Gasteiger partial charge on any atom is -0.265 e. The molecular formula is C12H9FN4O. The van der Waals surface area contributed by atoms with Gasteiger partial charge in [0.05, 0.1) is 12.4 Å². The molecule has 0 aliphatic rings. The van der Waals surface area contributed by atoms with E-state index < -0.39 is 5.91 Å². The first kappa shape index (κ1) is 11.8. The van der Waals surface area contributed by atoms with Crippen molar-refractivity contribution in [3.05, 3.63) is 59.9 Å². The average molecular weight is 244 g/mol. The molecule has 90 valence electrons. The average Bonchev–Trinajstić information content (AvgIpc) is 2.40. The van der Waals surface area contributed by atoms with Gasteiger partial charge in [-0.3, -0.25) is 9.78 Å². The summed E-state index contributed by atoms with van der Waals surface area (Å²) in [5, 5.41) is 3.70. The number of hydrogen-bond donors (Lipinski definition) is 1. The number of carbonyl (C=O) groups is 1. The van der Waals surface area contributed by atoms with Gasteiger partial charge < -0.3 is 0 Å². The zero-order valence-corrected chi connectivity index (χ0v) is 9.25. The number of amides is 1. The van der Waals surface area contributed by atoms with Gasteiger partial charge in [0.15, 0.2) is 0 Å². The molecule has 0 aliphatic heterocycles. The largest absolute Gasteiger partial charge is 0.291 e. The van der Waals surface area contributed by atoms with E-state index in [2.05, 4.69) is 20.5 Å². The molecule has 18 heavy (non-hydrogen) atoms. The van der Waals surface area contributed by atoms with Crippen LogP contribution in [-0.4, -0.2) is 22.1 Å². The molecule has 1 heterocycles. The van der Waals surface area contributed by atoms with Gasteiger partial charge in [-0.15, -0.1) is 0 Å². The first-order valence-corrected chi connectivity index (χ1v) is 5.11. The summed E-state index contributed by atoms with van der Waals surface area (Å²) in [6.45, 7) is 0. The van der Waals surface area contributed by atoms with Crippen LogP contribution in [0, 0.1) is 5.82 Å². The van der Waals surface area contributed by atoms with Gasteiger partial charge in [-0.2, -0.15) is 5.10 Å². The van der Waals surface area contributed by atoms with Crippen molar-refractivity contribution in [3.63, 3.8) is 0 Å². The van der Waals surface area contributed by atoms with E-state index in [0.29, 0.717) is 5.56 Å². The van der Waals surface area contributed by atoms with Crippen LogP contribution in [0.2, 0.25) is 0 Å². The third-order valence-electron chi connectivity index (χ3n) is 2.02. The van der Waals surface area contributed by atoms with Crippen molar-refractivity contribution in [2.45, 2.75) is 0 Å². The predicted octanol–water partition coefficient (Wildman–Crippen LogP) is 1.38. The van der Waals surface area contributed by atoms with Crippen LogP contribution >= 0.6 is 0 Å². The van der Waals surface area contributed by atoms with E-state index in [4.69, 9.17) is 0 Å². The maximum absolute atomic E-state index is 12.9. The normalized spacial score (nSPS) is 10.5. The summed E-state index contributed by atoms with van der Waals surface area (Å²) in [7, 11) is 0. The SMILES string of the molecule is O=C(N/N=C\c1cccc(F)c1)c1cnccn1. The van der Waals surface area contributed by atoms with Gasteiger partial charge in [0.2, 0.25) is 0 Å². The Labute approximate surface area is 102 Å². The maximum Gasteiger partial charge on any atom is 0.291 e. The van der Waals surface area contributed by atoms with Gasteiger partial charge in [-0.05, 0) is 17.7 Å². The summed E-state index contributed by atoms with van der Waals surface area (Å²) >= 11 is 0. The maximum atomic E-state index is 12.9. The number of carbonyl (C=O) groups excluding carboxylic acids is 1. The molecule has 5 nitrogen and oxygen atoms in total. The summed E-state index contributed by atoms with van der Waals surface area (Å²) < 4.78 is 12.9. The number of hydrogen-bond acceptors (Lipinski definition) is 4. The number of halogens is 1. The van der Waals surface area contributed by atoms with E-state index >= 15 is 0 Å². The van der Waals surface area contributed by atoms with Gasteiger partial charge >= 0.3 is 0 Å². The molecule has 0 aliphatic carbocycles. The summed E-state index contributed by atoms with van der Waals surface area (Å²) in [6, 6.07) is 5.86. The monoisotopic (exact) mass is 244 g/mol. The Hall–Kier alpha value is -2.63. The van der Waals surface area contributed by atoms with Gasteiger partial charge in [-0.25, -0.2) is 14.8 Å². The molecule has 6 heteroatoms. The molecule has 0 bridgehead atoms. The van der Waals surface area contributed by atoms with E-state index in [1.807, 2.05) is 0 Å². The topological polar surface area (TPSA) is 67.2 Å². The van der Waals surface area contributed by atoms with Crippen LogP contribution in [-0.2, 0) is 0 Å². The fourth-order valence-corrected chi connectivity index (χ4v) is 1.23. The molecule has 0 unspecified atom stereocenters. The fraction of sp³-hybridized carbons (Fsp3) is 0. The van der Waals surface area contributed by atoms with Crippen molar-refractivity contribution >= 4 is 12.1 Å². The van der Waals surface area contributed by atoms with Crippen molar-refractivity contribution in [1.82, 2.24) is 15.4 Å². The predicted molar refractivity (Wildman–Crippen MR) is 63.5 cm³/mol. The lowest BCUT2D eigenvalue weighted by Crippen LogP contribution is -2.19. The summed E-state index contributed by atoms with van der Waals surface area (Å²) in [4.78, 5) is 19.1. The molecule has 0 fully saturated rings. The zero-order chi connectivity index (χ0) is 12.8. The highest BCUT2D eigenvalue weighted by atomic mass is 19.1. The molecule has 0 spiro atoms. The smallest absolute Gasteiger partial charge is 0.265 e. The molecule has 0 radical (unpaired) electrons. The van der Waals surface area contributed by atoms with Crippen molar-refractivity contribution in [2.24, 2.45) is 5.10 Å². The molecule has 0 saturated carbocycles. The second kappa shape index (κ2) is 5.62. The summed E-state index contributed by atoms with van der Waals surface area (Å²) in [5.74, 6) is -0.838. The lowest BCUT2D eigenvalue weighted by Gasteiger charge is -1.97. The van der Waals surface area contributed by atoms with Gasteiger partial charge in [0, 0.05) is 12.4 Å². The Bertz CT molecular complexity index is 571. The highest BCUT2D eigenvalue weighted by Gasteiger charge is 2.04. The number of benzene rings is 1. The van der Waals surface area contributed by atoms with E-state index in [0.717, 1.165) is 0 Å². The number of aromatic nitrogens is 2. The molecular weight excluding hydrogens is 235 g/mol. The van der Waals surface area contributed by atoms with Crippen LogP contribution in [0.1, 0.15) is 16.1 Å². The third-order valence-corrected chi connectivity index (χ3v) is 2.02. The van der Waals surface area contributed by atoms with E-state index in [1.165, 1.54) is 36.9 Å². The van der Waals surface area contributed by atoms with E-state index in [1.54, 1.807) is 12.1 Å². The van der Waals surface area contributed by atoms with E-state index in [9.17, 15) is 9.18 Å². The Balaban J connectivity index is 1.98. The lowest BCUT2D eigenvalue weighted by molar-refractivity contribution is 0.0950. The number of hydrazone groups is 1. The Morgan fingerprint density at radius 2 is 2.28 bits per heavy atom. The van der Waals surface area contributed by atoms with Crippen molar-refractivity contribution < 1.29 is 9.18 Å². The van der Waals surface area contributed by atoms with Crippen LogP contribution in [0.25, 0.3) is 0 Å². The quantitative estimate of drug-likeness (QED) is 0.655. The molecule has 2 rings (SSSR count). The Kier molecular flexibility index (Phi) is 3.70. The van der Waals surface area contributed by atoms with Gasteiger partial charge in [-0.1, -0.05) is 12.1 Å². The van der Waals surface area contributed by atoms with Crippen molar-refractivity contribution in [1.29, 1.82) is 0 Å². The third kappa shape index (κ3) is 3.18. The van der Waals surface area contributed by atoms with Crippen LogP contribution in [0.3, 0.4) is 0 Å². The van der Waals surface area contributed by atoms with Crippen LogP contribution in [0.4, 0.5) is 4.39 Å². The zero-order valence-electron chi connectivity index (χ0n) is 9.25. The highest BCUT2D eigenvalue weighted by molar-refractivity contribution is 5.92. The second-order valence-corrected chi connectivity index (χ2v) is 3.34. The molecule has 1 amide bonds. The fourth-order valence-electron chi connectivity index (χ4n) is 1.23. The minimum absolute atomic E-state index is 0.161. The first-order chi connectivity index (χ1) is 8.75. The second-order valence-electron chi connectivity index (χ2n) is 3.34. The minimum atomic E-state index is -0.476. The summed E-state index contributed by atoms with van der Waals surface area (Å²) in [6.07, 6.45) is 5.54. The molecule has 1 aromatic carbocycles. The van der Waals surface area contributed by atoms with E-state index in [-0.39, 0.29) is 11.5 Å². The summed E-state index contributed by atoms with van der Waals surface area (Å²) in [5.41, 5.74) is 2.98. The number of nitrogens with zero attached hydrogens (tertiary/aromatic N) is 3. The van der Waals surface area contributed by atoms with Crippen LogP contribution in [0.5, 0.6) is 0 Å². The molecule has 1 N–H and O–H groups in total. The molecule has 2 aromatic rings. The Morgan fingerprint density at radius 1 is 1.39 bits per heavy atom. The van der Waals surface area contributed by atoms with Crippen molar-refractivity contribution in [3.8, 4) is 0 Å². The van der Waals surface area contributed by atoms with Crippen LogP contribution < -0.4 is 5.43 Å². The molecule has 1 aromatic heterocycles. The first-order valence-electron chi connectivity index (χ1n) is 5.11. The highest BCUT2D eigenvalue weighted by Crippen LogP contribution is 2.00. The number of nitrogens with one attached hydrogen (secondary N) is 1. The van der Waals surface area contributed by atoms with Crippen molar-refractivity contribution in [2.75, 3.05) is 0 Å². The van der Waals surface area contributed by atoms with Crippen LogP contribution in [0.15, 0.2) is 48.0 Å². The molecule has 0 atom stereocenters. The lowest BCUT2D eigenvalue weighted by atomic mass is 10.2. The van der Waals surface area contributed by atoms with Gasteiger partial charge in [0.1, 0.15) is 11.5 Å².